The third-order valence-corrected chi connectivity index (χ3v) is 5.63. The van der Waals surface area contributed by atoms with Crippen LogP contribution in [0.15, 0.2) is 18.2 Å². The van der Waals surface area contributed by atoms with Crippen molar-refractivity contribution in [2.45, 2.75) is 11.4 Å². The van der Waals surface area contributed by atoms with Gasteiger partial charge in [0, 0.05) is 12.1 Å². The predicted molar refractivity (Wildman–Crippen MR) is 86.2 cm³/mol. The van der Waals surface area contributed by atoms with Crippen molar-refractivity contribution < 1.29 is 18.4 Å². The lowest BCUT2D eigenvalue weighted by molar-refractivity contribution is -0.384. The highest BCUT2D eigenvalue weighted by atomic mass is 35.5. The molecule has 1 aliphatic rings. The van der Waals surface area contributed by atoms with Crippen molar-refractivity contribution in [2.75, 3.05) is 16.8 Å². The molecule has 0 aromatic heterocycles. The first-order valence-electron chi connectivity index (χ1n) is 6.07. The van der Waals surface area contributed by atoms with E-state index in [0.717, 1.165) is 18.2 Å². The van der Waals surface area contributed by atoms with Crippen LogP contribution in [0, 0.1) is 10.1 Å². The van der Waals surface area contributed by atoms with Crippen molar-refractivity contribution in [3.05, 3.63) is 28.3 Å². The first kappa shape index (κ1) is 16.7. The Balaban J connectivity index is 2.07. The van der Waals surface area contributed by atoms with Gasteiger partial charge in [0.25, 0.3) is 5.69 Å². The van der Waals surface area contributed by atoms with Gasteiger partial charge >= 0.3 is 0 Å². The zero-order valence-corrected chi connectivity index (χ0v) is 13.4. The molecule has 0 aliphatic carbocycles. The second kappa shape index (κ2) is 6.23. The fraction of sp³-hybridized carbons (Fsp3) is 0.364. The minimum Gasteiger partial charge on any atom is -0.506 e. The van der Waals surface area contributed by atoms with Crippen LogP contribution < -0.4 is 10.6 Å². The molecule has 0 bridgehead atoms. The van der Waals surface area contributed by atoms with Crippen LogP contribution in [0.2, 0.25) is 0 Å². The molecule has 0 spiro atoms. The molecule has 0 radical (unpaired) electrons. The van der Waals surface area contributed by atoms with Crippen molar-refractivity contribution in [1.29, 1.82) is 0 Å². The number of rotatable bonds is 3. The summed E-state index contributed by atoms with van der Waals surface area (Å²) in [4.78, 5) is 10.1. The standard InChI is InChI=1S/C11H12ClN3O5S2/c12-7-4-22(19,20)5-9(7)14-11(21)13-8-3-6(15(17)18)1-2-10(8)16/h1-3,7,9,16H,4-5H2,(H2,13,14,21). The Labute approximate surface area is 136 Å². The van der Waals surface area contributed by atoms with Gasteiger partial charge in [0.2, 0.25) is 0 Å². The average Bonchev–Trinajstić information content (AvgIpc) is 2.64. The first-order valence-corrected chi connectivity index (χ1v) is 8.74. The lowest BCUT2D eigenvalue weighted by Gasteiger charge is -2.17. The topological polar surface area (TPSA) is 122 Å². The molecule has 11 heteroatoms. The minimum atomic E-state index is -3.21. The number of non-ortho nitro benzene ring substituents is 1. The predicted octanol–water partition coefficient (Wildman–Crippen LogP) is 0.991. The van der Waals surface area contributed by atoms with E-state index in [1.807, 2.05) is 0 Å². The van der Waals surface area contributed by atoms with E-state index in [-0.39, 0.29) is 33.7 Å². The Kier molecular flexibility index (Phi) is 4.73. The molecule has 22 heavy (non-hydrogen) atoms. The number of hydrogen-bond acceptors (Lipinski definition) is 6. The van der Waals surface area contributed by atoms with Gasteiger partial charge in [-0.2, -0.15) is 0 Å². The normalized spacial score (nSPS) is 23.0. The first-order chi connectivity index (χ1) is 10.2. The van der Waals surface area contributed by atoms with Crippen LogP contribution in [-0.2, 0) is 9.84 Å². The highest BCUT2D eigenvalue weighted by molar-refractivity contribution is 7.91. The van der Waals surface area contributed by atoms with E-state index in [0.29, 0.717) is 0 Å². The van der Waals surface area contributed by atoms with Gasteiger partial charge in [-0.25, -0.2) is 8.42 Å². The molecule has 1 heterocycles. The maximum absolute atomic E-state index is 11.5. The van der Waals surface area contributed by atoms with E-state index >= 15 is 0 Å². The lowest BCUT2D eigenvalue weighted by Crippen LogP contribution is -2.42. The molecule has 1 saturated heterocycles. The number of benzene rings is 1. The van der Waals surface area contributed by atoms with E-state index in [9.17, 15) is 23.6 Å². The molecule has 8 nitrogen and oxygen atoms in total. The summed E-state index contributed by atoms with van der Waals surface area (Å²) in [5.41, 5.74) is -0.180. The van der Waals surface area contributed by atoms with Crippen LogP contribution in [-0.4, -0.2) is 46.5 Å². The van der Waals surface area contributed by atoms with Crippen molar-refractivity contribution in [1.82, 2.24) is 5.32 Å². The molecule has 0 saturated carbocycles. The van der Waals surface area contributed by atoms with E-state index < -0.39 is 26.2 Å². The fourth-order valence-electron chi connectivity index (χ4n) is 2.00. The van der Waals surface area contributed by atoms with Gasteiger partial charge in [0.05, 0.1) is 33.5 Å². The molecule has 1 aliphatic heterocycles. The summed E-state index contributed by atoms with van der Waals surface area (Å²) >= 11 is 11.0. The zero-order valence-electron chi connectivity index (χ0n) is 11.0. The van der Waals surface area contributed by atoms with E-state index in [1.54, 1.807) is 0 Å². The molecule has 120 valence electrons. The number of nitrogens with zero attached hydrogens (tertiary/aromatic N) is 1. The van der Waals surface area contributed by atoms with Crippen molar-refractivity contribution in [3.8, 4) is 5.75 Å². The summed E-state index contributed by atoms with van der Waals surface area (Å²) in [6.45, 7) is 0. The third-order valence-electron chi connectivity index (χ3n) is 3.04. The summed E-state index contributed by atoms with van der Waals surface area (Å²) in [5, 5.41) is 25.1. The molecule has 0 amide bonds. The quantitative estimate of drug-likeness (QED) is 0.238. The number of halogens is 1. The molecule has 3 N–H and O–H groups in total. The number of alkyl halides is 1. The Morgan fingerprint density at radius 2 is 2.14 bits per heavy atom. The summed E-state index contributed by atoms with van der Waals surface area (Å²) in [6, 6.07) is 2.86. The van der Waals surface area contributed by atoms with E-state index in [1.165, 1.54) is 0 Å². The number of phenolic OH excluding ortho intramolecular Hbond substituents is 1. The van der Waals surface area contributed by atoms with Gasteiger partial charge in [-0.3, -0.25) is 10.1 Å². The Hall–Kier alpha value is -1.65. The number of hydrogen-bond donors (Lipinski definition) is 3. The highest BCUT2D eigenvalue weighted by Crippen LogP contribution is 2.28. The molecule has 1 aromatic carbocycles. The Morgan fingerprint density at radius 3 is 2.68 bits per heavy atom. The monoisotopic (exact) mass is 365 g/mol. The number of sulfone groups is 1. The van der Waals surface area contributed by atoms with Crippen LogP contribution in [0.25, 0.3) is 0 Å². The zero-order chi connectivity index (χ0) is 16.5. The highest BCUT2D eigenvalue weighted by Gasteiger charge is 2.36. The second-order valence-corrected chi connectivity index (χ2v) is 7.88. The third kappa shape index (κ3) is 3.96. The number of aromatic hydroxyl groups is 1. The molecule has 2 unspecified atom stereocenters. The van der Waals surface area contributed by atoms with E-state index in [2.05, 4.69) is 10.6 Å². The maximum Gasteiger partial charge on any atom is 0.271 e. The van der Waals surface area contributed by atoms with Gasteiger partial charge in [-0.1, -0.05) is 0 Å². The maximum atomic E-state index is 11.5. The molecule has 2 atom stereocenters. The van der Waals surface area contributed by atoms with Crippen molar-refractivity contribution in [2.24, 2.45) is 0 Å². The lowest BCUT2D eigenvalue weighted by atomic mass is 10.2. The van der Waals surface area contributed by atoms with Gasteiger partial charge in [-0.15, -0.1) is 11.6 Å². The fourth-order valence-corrected chi connectivity index (χ4v) is 4.81. The summed E-state index contributed by atoms with van der Waals surface area (Å²) in [6.07, 6.45) is 0. The number of thiocarbonyl (C=S) groups is 1. The number of phenols is 1. The Morgan fingerprint density at radius 1 is 1.45 bits per heavy atom. The van der Waals surface area contributed by atoms with Gasteiger partial charge in [0.15, 0.2) is 14.9 Å². The second-order valence-electron chi connectivity index (χ2n) is 4.76. The Bertz CT molecular complexity index is 724. The summed E-state index contributed by atoms with van der Waals surface area (Å²) in [7, 11) is -3.21. The van der Waals surface area contributed by atoms with E-state index in [4.69, 9.17) is 23.8 Å². The smallest absolute Gasteiger partial charge is 0.271 e. The average molecular weight is 366 g/mol. The largest absolute Gasteiger partial charge is 0.506 e. The molecular formula is C11H12ClN3O5S2. The summed E-state index contributed by atoms with van der Waals surface area (Å²) < 4.78 is 22.9. The SMILES string of the molecule is O=[N+]([O-])c1ccc(O)c(NC(=S)NC2CS(=O)(=O)CC2Cl)c1. The number of nitro benzene ring substituents is 1. The minimum absolute atomic E-state index is 0.0172. The van der Waals surface area contributed by atoms with Crippen LogP contribution in [0.4, 0.5) is 11.4 Å². The number of nitro groups is 1. The van der Waals surface area contributed by atoms with Crippen LogP contribution in [0.1, 0.15) is 0 Å². The molecule has 1 fully saturated rings. The molecule has 2 rings (SSSR count). The van der Waals surface area contributed by atoms with Crippen LogP contribution >= 0.6 is 23.8 Å². The van der Waals surface area contributed by atoms with Gasteiger partial charge < -0.3 is 15.7 Å². The summed E-state index contributed by atoms with van der Waals surface area (Å²) in [5.74, 6) is -0.517. The molecular weight excluding hydrogens is 354 g/mol. The van der Waals surface area contributed by atoms with Crippen LogP contribution in [0.3, 0.4) is 0 Å². The number of nitrogens with one attached hydrogen (secondary N) is 2. The van der Waals surface area contributed by atoms with Crippen molar-refractivity contribution in [3.63, 3.8) is 0 Å². The van der Waals surface area contributed by atoms with Gasteiger partial charge in [-0.05, 0) is 18.3 Å². The number of anilines is 1. The molecule has 1 aromatic rings. The van der Waals surface area contributed by atoms with Gasteiger partial charge in [0.1, 0.15) is 5.75 Å². The van der Waals surface area contributed by atoms with Crippen molar-refractivity contribution >= 4 is 50.1 Å². The van der Waals surface area contributed by atoms with Crippen LogP contribution in [0.5, 0.6) is 5.75 Å².